The van der Waals surface area contributed by atoms with Gasteiger partial charge in [0.15, 0.2) is 10.8 Å². The van der Waals surface area contributed by atoms with Crippen LogP contribution in [-0.2, 0) is 11.2 Å². The van der Waals surface area contributed by atoms with Crippen LogP contribution in [-0.4, -0.2) is 24.1 Å². The minimum atomic E-state index is -0.594. The summed E-state index contributed by atoms with van der Waals surface area (Å²) in [6.07, 6.45) is 0.447. The van der Waals surface area contributed by atoms with Gasteiger partial charge >= 0.3 is 5.97 Å². The van der Waals surface area contributed by atoms with Crippen molar-refractivity contribution in [1.29, 1.82) is 0 Å². The van der Waals surface area contributed by atoms with Crippen LogP contribution in [0, 0.1) is 11.6 Å². The first-order valence-corrected chi connectivity index (χ1v) is 7.28. The highest BCUT2D eigenvalue weighted by molar-refractivity contribution is 7.13. The highest BCUT2D eigenvalue weighted by Gasteiger charge is 2.11. The van der Waals surface area contributed by atoms with Crippen LogP contribution < -0.4 is 5.32 Å². The largest absolute Gasteiger partial charge is 0.461 e. The summed E-state index contributed by atoms with van der Waals surface area (Å²) < 4.78 is 30.9. The molecule has 0 fully saturated rings. The molecule has 0 bridgehead atoms. The van der Waals surface area contributed by atoms with E-state index in [1.165, 1.54) is 23.5 Å². The van der Waals surface area contributed by atoms with Crippen LogP contribution in [0.1, 0.15) is 23.0 Å². The van der Waals surface area contributed by atoms with Crippen molar-refractivity contribution in [2.45, 2.75) is 13.3 Å². The minimum absolute atomic E-state index is 0.251. The highest BCUT2D eigenvalue weighted by atomic mass is 32.1. The number of aromatic nitrogens is 1. The molecule has 0 spiro atoms. The smallest absolute Gasteiger partial charge is 0.357 e. The van der Waals surface area contributed by atoms with Crippen LogP contribution in [0.2, 0.25) is 0 Å². The zero-order valence-electron chi connectivity index (χ0n) is 11.4. The van der Waals surface area contributed by atoms with E-state index in [0.29, 0.717) is 30.3 Å². The SMILES string of the molecule is CCOC(=O)c1csc(NCCc2cc(F)cc(F)c2)n1. The number of halogens is 2. The van der Waals surface area contributed by atoms with Gasteiger partial charge in [0.05, 0.1) is 6.61 Å². The lowest BCUT2D eigenvalue weighted by molar-refractivity contribution is 0.0520. The van der Waals surface area contributed by atoms with E-state index in [2.05, 4.69) is 10.3 Å². The number of esters is 1. The first-order valence-electron chi connectivity index (χ1n) is 6.40. The van der Waals surface area contributed by atoms with E-state index in [4.69, 9.17) is 4.74 Å². The number of thiazole rings is 1. The van der Waals surface area contributed by atoms with E-state index in [1.54, 1.807) is 12.3 Å². The Morgan fingerprint density at radius 2 is 2.05 bits per heavy atom. The summed E-state index contributed by atoms with van der Waals surface area (Å²) in [5.74, 6) is -1.65. The van der Waals surface area contributed by atoms with Crippen molar-refractivity contribution in [3.8, 4) is 0 Å². The minimum Gasteiger partial charge on any atom is -0.461 e. The third kappa shape index (κ3) is 4.49. The predicted molar refractivity (Wildman–Crippen MR) is 76.6 cm³/mol. The third-order valence-electron chi connectivity index (χ3n) is 2.60. The molecule has 0 aliphatic heterocycles. The van der Waals surface area contributed by atoms with E-state index < -0.39 is 17.6 Å². The molecular formula is C14H14F2N2O2S. The maximum absolute atomic E-state index is 13.0. The zero-order chi connectivity index (χ0) is 15.2. The van der Waals surface area contributed by atoms with E-state index >= 15 is 0 Å². The van der Waals surface area contributed by atoms with Crippen LogP contribution in [0.5, 0.6) is 0 Å². The molecule has 112 valence electrons. The van der Waals surface area contributed by atoms with Gasteiger partial charge in [0.25, 0.3) is 0 Å². The maximum Gasteiger partial charge on any atom is 0.357 e. The molecule has 2 aromatic rings. The number of nitrogens with one attached hydrogen (secondary N) is 1. The molecule has 0 radical (unpaired) electrons. The van der Waals surface area contributed by atoms with E-state index in [1.807, 2.05) is 0 Å². The summed E-state index contributed by atoms with van der Waals surface area (Å²) >= 11 is 1.27. The molecule has 0 amide bonds. The van der Waals surface area contributed by atoms with Gasteiger partial charge in [-0.25, -0.2) is 18.6 Å². The summed E-state index contributed by atoms with van der Waals surface area (Å²) in [6.45, 7) is 2.48. The van der Waals surface area contributed by atoms with Crippen LogP contribution in [0.3, 0.4) is 0 Å². The van der Waals surface area contributed by atoms with Crippen molar-refractivity contribution in [2.24, 2.45) is 0 Å². The quantitative estimate of drug-likeness (QED) is 0.832. The second kappa shape index (κ2) is 7.12. The van der Waals surface area contributed by atoms with Gasteiger partial charge in [0.1, 0.15) is 11.6 Å². The molecule has 2 rings (SSSR count). The number of anilines is 1. The monoisotopic (exact) mass is 312 g/mol. The van der Waals surface area contributed by atoms with Gasteiger partial charge in [-0.05, 0) is 31.0 Å². The number of carbonyl (C=O) groups is 1. The first-order chi connectivity index (χ1) is 10.1. The molecule has 0 unspecified atom stereocenters. The summed E-state index contributed by atoms with van der Waals surface area (Å²) in [6, 6.07) is 3.41. The molecule has 0 atom stereocenters. The lowest BCUT2D eigenvalue weighted by Gasteiger charge is -2.03. The Morgan fingerprint density at radius 3 is 2.71 bits per heavy atom. The molecule has 1 heterocycles. The highest BCUT2D eigenvalue weighted by Crippen LogP contribution is 2.16. The molecule has 4 nitrogen and oxygen atoms in total. The zero-order valence-corrected chi connectivity index (χ0v) is 12.2. The second-order valence-corrected chi connectivity index (χ2v) is 5.07. The van der Waals surface area contributed by atoms with Gasteiger partial charge in [-0.15, -0.1) is 11.3 Å². The number of carbonyl (C=O) groups excluding carboxylic acids is 1. The average Bonchev–Trinajstić information content (AvgIpc) is 2.87. The molecular weight excluding hydrogens is 298 g/mol. The number of benzene rings is 1. The molecule has 7 heteroatoms. The number of rotatable bonds is 6. The topological polar surface area (TPSA) is 51.2 Å². The lowest BCUT2D eigenvalue weighted by atomic mass is 10.1. The van der Waals surface area contributed by atoms with Gasteiger partial charge in [-0.1, -0.05) is 0 Å². The predicted octanol–water partition coefficient (Wildman–Crippen LogP) is 3.25. The van der Waals surface area contributed by atoms with Gasteiger partial charge in [0, 0.05) is 18.0 Å². The molecule has 1 aromatic carbocycles. The second-order valence-electron chi connectivity index (χ2n) is 4.21. The summed E-state index contributed by atoms with van der Waals surface area (Å²) in [5, 5.41) is 5.17. The van der Waals surface area contributed by atoms with Crippen molar-refractivity contribution in [2.75, 3.05) is 18.5 Å². The van der Waals surface area contributed by atoms with Crippen LogP contribution in [0.15, 0.2) is 23.6 Å². The van der Waals surface area contributed by atoms with Crippen LogP contribution in [0.25, 0.3) is 0 Å². The average molecular weight is 312 g/mol. The van der Waals surface area contributed by atoms with Gasteiger partial charge in [-0.2, -0.15) is 0 Å². The molecule has 0 saturated heterocycles. The van der Waals surface area contributed by atoms with Crippen molar-refractivity contribution < 1.29 is 18.3 Å². The fourth-order valence-electron chi connectivity index (χ4n) is 1.72. The standard InChI is InChI=1S/C14H14F2N2O2S/c1-2-20-13(19)12-8-21-14(18-12)17-4-3-9-5-10(15)7-11(16)6-9/h5-8H,2-4H2,1H3,(H,17,18). The van der Waals surface area contributed by atoms with E-state index in [-0.39, 0.29) is 5.69 Å². The Labute approximate surface area is 124 Å². The Kier molecular flexibility index (Phi) is 5.21. The van der Waals surface area contributed by atoms with Gasteiger partial charge < -0.3 is 10.1 Å². The molecule has 0 aliphatic carbocycles. The Balaban J connectivity index is 1.87. The molecule has 0 aliphatic rings. The van der Waals surface area contributed by atoms with Crippen molar-refractivity contribution in [3.05, 3.63) is 46.5 Å². The summed E-state index contributed by atoms with van der Waals surface area (Å²) in [7, 11) is 0. The Hall–Kier alpha value is -2.02. The number of hydrogen-bond acceptors (Lipinski definition) is 5. The fraction of sp³-hybridized carbons (Fsp3) is 0.286. The normalized spacial score (nSPS) is 10.4. The first kappa shape index (κ1) is 15.4. The fourth-order valence-corrected chi connectivity index (χ4v) is 2.43. The summed E-state index contributed by atoms with van der Waals surface area (Å²) in [5.41, 5.74) is 0.809. The van der Waals surface area contributed by atoms with E-state index in [0.717, 1.165) is 6.07 Å². The Morgan fingerprint density at radius 1 is 1.33 bits per heavy atom. The number of hydrogen-bond donors (Lipinski definition) is 1. The van der Waals surface area contributed by atoms with Crippen LogP contribution >= 0.6 is 11.3 Å². The van der Waals surface area contributed by atoms with E-state index in [9.17, 15) is 13.6 Å². The van der Waals surface area contributed by atoms with Crippen molar-refractivity contribution in [1.82, 2.24) is 4.98 Å². The van der Waals surface area contributed by atoms with Gasteiger partial charge in [-0.3, -0.25) is 0 Å². The third-order valence-corrected chi connectivity index (χ3v) is 3.40. The van der Waals surface area contributed by atoms with Crippen molar-refractivity contribution >= 4 is 22.4 Å². The summed E-state index contributed by atoms with van der Waals surface area (Å²) in [4.78, 5) is 15.5. The molecule has 1 N–H and O–H groups in total. The number of nitrogens with zero attached hydrogens (tertiary/aromatic N) is 1. The lowest BCUT2D eigenvalue weighted by Crippen LogP contribution is -2.07. The van der Waals surface area contributed by atoms with Crippen molar-refractivity contribution in [3.63, 3.8) is 0 Å². The Bertz CT molecular complexity index is 611. The molecule has 21 heavy (non-hydrogen) atoms. The van der Waals surface area contributed by atoms with Crippen LogP contribution in [0.4, 0.5) is 13.9 Å². The molecule has 0 saturated carbocycles. The number of ether oxygens (including phenoxy) is 1. The van der Waals surface area contributed by atoms with Gasteiger partial charge in [0.2, 0.25) is 0 Å². The molecule has 1 aromatic heterocycles. The maximum atomic E-state index is 13.0.